The van der Waals surface area contributed by atoms with Crippen molar-refractivity contribution in [3.63, 3.8) is 0 Å². The number of aromatic nitrogens is 1. The van der Waals surface area contributed by atoms with Crippen molar-refractivity contribution in [3.05, 3.63) is 23.5 Å². The van der Waals surface area contributed by atoms with Crippen molar-refractivity contribution in [2.24, 2.45) is 0 Å². The van der Waals surface area contributed by atoms with Crippen LogP contribution < -0.4 is 5.32 Å². The first-order valence-electron chi connectivity index (χ1n) is 6.70. The standard InChI is InChI=1S/C13H17F4N3/c1-19-6-7-20-10(2-3-11(20)13(15,16)17)12(19)4-5-18-8-9(12)14/h2-3,9,18H,4-8H2,1H3/t9-,12-/m1/s1. The van der Waals surface area contributed by atoms with Crippen molar-refractivity contribution >= 4 is 0 Å². The molecule has 1 saturated heterocycles. The molecule has 0 bridgehead atoms. The van der Waals surface area contributed by atoms with Crippen LogP contribution >= 0.6 is 0 Å². The molecule has 0 aromatic carbocycles. The quantitative estimate of drug-likeness (QED) is 0.738. The molecule has 2 atom stereocenters. The largest absolute Gasteiger partial charge is 0.431 e. The molecule has 1 N–H and O–H groups in total. The minimum Gasteiger partial charge on any atom is -0.338 e. The highest BCUT2D eigenvalue weighted by molar-refractivity contribution is 5.30. The second kappa shape index (κ2) is 4.46. The number of halogens is 4. The SMILES string of the molecule is CN1CCn2c(C(F)(F)F)ccc2[C@]12CCNC[C@H]2F. The van der Waals surface area contributed by atoms with E-state index in [0.29, 0.717) is 25.2 Å². The Morgan fingerprint density at radius 3 is 2.70 bits per heavy atom. The van der Waals surface area contributed by atoms with Crippen LogP contribution in [-0.4, -0.2) is 42.3 Å². The third-order valence-electron chi connectivity index (χ3n) is 4.58. The predicted octanol–water partition coefficient (Wildman–Crippen LogP) is 1.98. The third-order valence-corrected chi connectivity index (χ3v) is 4.58. The lowest BCUT2D eigenvalue weighted by Gasteiger charge is -2.50. The highest BCUT2D eigenvalue weighted by atomic mass is 19.4. The van der Waals surface area contributed by atoms with Crippen molar-refractivity contribution in [2.75, 3.05) is 26.7 Å². The molecule has 1 aromatic rings. The van der Waals surface area contributed by atoms with Gasteiger partial charge in [0.1, 0.15) is 11.9 Å². The summed E-state index contributed by atoms with van der Waals surface area (Å²) in [7, 11) is 1.79. The van der Waals surface area contributed by atoms with Gasteiger partial charge in [-0.25, -0.2) is 4.39 Å². The van der Waals surface area contributed by atoms with E-state index in [2.05, 4.69) is 5.32 Å². The number of likely N-dealkylation sites (N-methyl/N-ethyl adjacent to an activating group) is 1. The molecule has 1 fully saturated rings. The summed E-state index contributed by atoms with van der Waals surface area (Å²) in [5.74, 6) is 0. The molecular formula is C13H17F4N3. The Bertz CT molecular complexity index is 510. The molecule has 0 amide bonds. The summed E-state index contributed by atoms with van der Waals surface area (Å²) < 4.78 is 54.9. The van der Waals surface area contributed by atoms with E-state index < -0.39 is 23.6 Å². The zero-order chi connectivity index (χ0) is 14.5. The number of nitrogens with zero attached hydrogens (tertiary/aromatic N) is 2. The van der Waals surface area contributed by atoms with Gasteiger partial charge in [0.2, 0.25) is 0 Å². The zero-order valence-corrected chi connectivity index (χ0v) is 11.2. The fourth-order valence-electron chi connectivity index (χ4n) is 3.53. The highest BCUT2D eigenvalue weighted by Gasteiger charge is 2.51. The van der Waals surface area contributed by atoms with Crippen LogP contribution in [0.1, 0.15) is 17.8 Å². The van der Waals surface area contributed by atoms with Gasteiger partial charge < -0.3 is 9.88 Å². The monoisotopic (exact) mass is 291 g/mol. The molecule has 112 valence electrons. The van der Waals surface area contributed by atoms with Gasteiger partial charge >= 0.3 is 6.18 Å². The van der Waals surface area contributed by atoms with Gasteiger partial charge in [0.25, 0.3) is 0 Å². The van der Waals surface area contributed by atoms with E-state index in [-0.39, 0.29) is 13.1 Å². The summed E-state index contributed by atoms with van der Waals surface area (Å²) >= 11 is 0. The van der Waals surface area contributed by atoms with Crippen LogP contribution in [0, 0.1) is 0 Å². The van der Waals surface area contributed by atoms with Crippen LogP contribution in [0.5, 0.6) is 0 Å². The maximum Gasteiger partial charge on any atom is 0.431 e. The lowest BCUT2D eigenvalue weighted by Crippen LogP contribution is -2.62. The minimum absolute atomic E-state index is 0.177. The Balaban J connectivity index is 2.13. The van der Waals surface area contributed by atoms with E-state index in [1.54, 1.807) is 7.05 Å². The maximum atomic E-state index is 14.6. The smallest absolute Gasteiger partial charge is 0.338 e. The van der Waals surface area contributed by atoms with Crippen molar-refractivity contribution in [1.82, 2.24) is 14.8 Å². The van der Waals surface area contributed by atoms with Crippen LogP contribution in [0.25, 0.3) is 0 Å². The van der Waals surface area contributed by atoms with Gasteiger partial charge in [-0.3, -0.25) is 4.90 Å². The molecule has 2 aliphatic heterocycles. The van der Waals surface area contributed by atoms with E-state index in [0.717, 1.165) is 6.07 Å². The normalized spacial score (nSPS) is 31.6. The first kappa shape index (κ1) is 13.9. The summed E-state index contributed by atoms with van der Waals surface area (Å²) in [6.45, 7) is 1.45. The molecule has 1 aromatic heterocycles. The fraction of sp³-hybridized carbons (Fsp3) is 0.692. The van der Waals surface area contributed by atoms with E-state index in [4.69, 9.17) is 0 Å². The van der Waals surface area contributed by atoms with Crippen LogP contribution in [0.4, 0.5) is 17.6 Å². The third kappa shape index (κ3) is 1.79. The topological polar surface area (TPSA) is 20.2 Å². The van der Waals surface area contributed by atoms with Crippen LogP contribution in [0.3, 0.4) is 0 Å². The van der Waals surface area contributed by atoms with Gasteiger partial charge in [0, 0.05) is 25.3 Å². The van der Waals surface area contributed by atoms with Gasteiger partial charge in [-0.2, -0.15) is 13.2 Å². The molecule has 1 spiro atoms. The first-order chi connectivity index (χ1) is 9.37. The Morgan fingerprint density at radius 1 is 1.30 bits per heavy atom. The molecule has 3 heterocycles. The molecule has 0 radical (unpaired) electrons. The second-order valence-electron chi connectivity index (χ2n) is 5.52. The van der Waals surface area contributed by atoms with Crippen molar-refractivity contribution in [1.29, 1.82) is 0 Å². The number of nitrogens with one attached hydrogen (secondary N) is 1. The molecular weight excluding hydrogens is 274 g/mol. The summed E-state index contributed by atoms with van der Waals surface area (Å²) in [6, 6.07) is 2.52. The van der Waals surface area contributed by atoms with Crippen molar-refractivity contribution in [2.45, 2.75) is 30.9 Å². The number of alkyl halides is 4. The highest BCUT2D eigenvalue weighted by Crippen LogP contribution is 2.43. The molecule has 3 rings (SSSR count). The molecule has 0 aliphatic carbocycles. The number of hydrogen-bond acceptors (Lipinski definition) is 2. The maximum absolute atomic E-state index is 14.6. The van der Waals surface area contributed by atoms with Crippen LogP contribution in [0.15, 0.2) is 12.1 Å². The zero-order valence-electron chi connectivity index (χ0n) is 11.2. The predicted molar refractivity (Wildman–Crippen MR) is 66.1 cm³/mol. The van der Waals surface area contributed by atoms with Gasteiger partial charge in [-0.1, -0.05) is 0 Å². The van der Waals surface area contributed by atoms with Crippen molar-refractivity contribution in [3.8, 4) is 0 Å². The Kier molecular flexibility index (Phi) is 3.10. The first-order valence-corrected chi connectivity index (χ1v) is 6.70. The van der Waals surface area contributed by atoms with Gasteiger partial charge in [0.05, 0.1) is 5.54 Å². The average Bonchev–Trinajstić information content (AvgIpc) is 2.81. The van der Waals surface area contributed by atoms with E-state index in [1.165, 1.54) is 10.6 Å². The number of rotatable bonds is 0. The van der Waals surface area contributed by atoms with E-state index in [9.17, 15) is 17.6 Å². The molecule has 2 aliphatic rings. The fourth-order valence-corrected chi connectivity index (χ4v) is 3.53. The number of piperidine rings is 1. The number of fused-ring (bicyclic) bond motifs is 2. The second-order valence-corrected chi connectivity index (χ2v) is 5.52. The van der Waals surface area contributed by atoms with Gasteiger partial charge in [0.15, 0.2) is 0 Å². The molecule has 3 nitrogen and oxygen atoms in total. The lowest BCUT2D eigenvalue weighted by atomic mass is 9.80. The van der Waals surface area contributed by atoms with Crippen molar-refractivity contribution < 1.29 is 17.6 Å². The van der Waals surface area contributed by atoms with E-state index in [1.807, 2.05) is 4.90 Å². The van der Waals surface area contributed by atoms with Gasteiger partial charge in [-0.15, -0.1) is 0 Å². The van der Waals surface area contributed by atoms with E-state index >= 15 is 0 Å². The van der Waals surface area contributed by atoms with Crippen LogP contribution in [-0.2, 0) is 18.3 Å². The Hall–Kier alpha value is -1.08. The molecule has 0 unspecified atom stereocenters. The Labute approximate surface area is 114 Å². The average molecular weight is 291 g/mol. The molecule has 20 heavy (non-hydrogen) atoms. The minimum atomic E-state index is -4.39. The summed E-state index contributed by atoms with van der Waals surface area (Å²) in [6.07, 6.45) is -5.13. The Morgan fingerprint density at radius 2 is 2.05 bits per heavy atom. The molecule has 7 heteroatoms. The summed E-state index contributed by atoms with van der Waals surface area (Å²) in [4.78, 5) is 1.87. The number of hydrogen-bond donors (Lipinski definition) is 1. The molecule has 0 saturated carbocycles. The summed E-state index contributed by atoms with van der Waals surface area (Å²) in [5.41, 5.74) is -1.16. The summed E-state index contributed by atoms with van der Waals surface area (Å²) in [5, 5.41) is 2.96. The van der Waals surface area contributed by atoms with Gasteiger partial charge in [-0.05, 0) is 32.1 Å². The van der Waals surface area contributed by atoms with Crippen LogP contribution in [0.2, 0.25) is 0 Å². The lowest BCUT2D eigenvalue weighted by molar-refractivity contribution is -0.145.